The number of aromatic nitrogens is 1. The van der Waals surface area contributed by atoms with Gasteiger partial charge in [0.25, 0.3) is 5.91 Å². The number of benzene rings is 4. The van der Waals surface area contributed by atoms with Crippen LogP contribution < -0.4 is 9.64 Å². The molecule has 4 aromatic carbocycles. The number of ether oxygens (including phenoxy) is 1. The molecule has 0 atom stereocenters. The molecule has 1 aliphatic heterocycles. The summed E-state index contributed by atoms with van der Waals surface area (Å²) >= 11 is 6.06. The molecule has 0 bridgehead atoms. The quantitative estimate of drug-likeness (QED) is 0.239. The van der Waals surface area contributed by atoms with E-state index in [0.29, 0.717) is 35.1 Å². The van der Waals surface area contributed by atoms with Crippen LogP contribution >= 0.6 is 11.6 Å². The van der Waals surface area contributed by atoms with E-state index in [1.807, 2.05) is 96.4 Å². The number of rotatable bonds is 5. The maximum absolute atomic E-state index is 13.8. The molecule has 0 radical (unpaired) electrons. The molecule has 0 fully saturated rings. The first kappa shape index (κ1) is 24.0. The van der Waals surface area contributed by atoms with E-state index in [-0.39, 0.29) is 18.3 Å². The molecule has 1 aliphatic rings. The predicted octanol–water partition coefficient (Wildman–Crippen LogP) is 6.81. The molecular formula is C32H25ClN2O3. The van der Waals surface area contributed by atoms with E-state index in [9.17, 15) is 9.59 Å². The first-order valence-corrected chi connectivity index (χ1v) is 12.9. The first-order valence-electron chi connectivity index (χ1n) is 12.5. The van der Waals surface area contributed by atoms with Gasteiger partial charge in [0.1, 0.15) is 5.75 Å². The van der Waals surface area contributed by atoms with E-state index in [4.69, 9.17) is 16.3 Å². The van der Waals surface area contributed by atoms with E-state index >= 15 is 0 Å². The van der Waals surface area contributed by atoms with Crippen molar-refractivity contribution < 1.29 is 14.3 Å². The number of hydrogen-bond acceptors (Lipinski definition) is 3. The molecule has 0 unspecified atom stereocenters. The molecule has 0 N–H and O–H groups in total. The Morgan fingerprint density at radius 1 is 0.868 bits per heavy atom. The fraction of sp³-hybridized carbons (Fsp3) is 0.125. The number of anilines is 1. The molecule has 2 heterocycles. The van der Waals surface area contributed by atoms with Crippen molar-refractivity contribution in [1.82, 2.24) is 4.57 Å². The van der Waals surface area contributed by atoms with E-state index in [1.165, 1.54) is 0 Å². The van der Waals surface area contributed by atoms with Crippen LogP contribution in [0.15, 0.2) is 97.1 Å². The standard InChI is InChI=1S/C32H25ClN2O3/c1-21-17-24(33)13-16-30(21)38-20-31(36)35-19-25-14-15-29(34(25)18-23-8-3-5-12-28(23)35)32(37)27-11-6-9-22-7-2-4-10-26(22)27/h2-17H,18-20H2,1H3. The van der Waals surface area contributed by atoms with E-state index < -0.39 is 0 Å². The van der Waals surface area contributed by atoms with Gasteiger partial charge >= 0.3 is 0 Å². The van der Waals surface area contributed by atoms with E-state index in [2.05, 4.69) is 0 Å². The summed E-state index contributed by atoms with van der Waals surface area (Å²) in [5.74, 6) is 0.424. The van der Waals surface area contributed by atoms with Crippen molar-refractivity contribution in [3.63, 3.8) is 0 Å². The fourth-order valence-corrected chi connectivity index (χ4v) is 5.36. The second-order valence-corrected chi connectivity index (χ2v) is 9.90. The maximum Gasteiger partial charge on any atom is 0.265 e. The summed E-state index contributed by atoms with van der Waals surface area (Å²) in [6, 6.07) is 30.7. The normalized spacial score (nSPS) is 12.5. The number of para-hydroxylation sites is 1. The first-order chi connectivity index (χ1) is 18.5. The van der Waals surface area contributed by atoms with Crippen LogP contribution in [0.25, 0.3) is 10.8 Å². The third-order valence-corrected chi connectivity index (χ3v) is 7.29. The van der Waals surface area contributed by atoms with Crippen molar-refractivity contribution in [2.24, 2.45) is 0 Å². The lowest BCUT2D eigenvalue weighted by atomic mass is 10.00. The Balaban J connectivity index is 1.33. The summed E-state index contributed by atoms with van der Waals surface area (Å²) < 4.78 is 7.91. The Hall–Kier alpha value is -4.35. The highest BCUT2D eigenvalue weighted by Crippen LogP contribution is 2.31. The van der Waals surface area contributed by atoms with Crippen LogP contribution in [-0.2, 0) is 17.9 Å². The molecule has 0 saturated carbocycles. The molecule has 0 aliphatic carbocycles. The van der Waals surface area contributed by atoms with Gasteiger partial charge in [0.2, 0.25) is 5.78 Å². The highest BCUT2D eigenvalue weighted by Gasteiger charge is 2.27. The number of amides is 1. The Morgan fingerprint density at radius 2 is 1.66 bits per heavy atom. The third kappa shape index (κ3) is 4.35. The van der Waals surface area contributed by atoms with Gasteiger partial charge in [-0.25, -0.2) is 0 Å². The van der Waals surface area contributed by atoms with Gasteiger partial charge in [-0.3, -0.25) is 9.59 Å². The number of aryl methyl sites for hydroxylation is 1. The van der Waals surface area contributed by atoms with Gasteiger partial charge in [0.15, 0.2) is 6.61 Å². The summed E-state index contributed by atoms with van der Waals surface area (Å²) in [6.45, 7) is 2.61. The van der Waals surface area contributed by atoms with Gasteiger partial charge in [0, 0.05) is 22.0 Å². The van der Waals surface area contributed by atoms with Crippen LogP contribution in [-0.4, -0.2) is 22.9 Å². The molecule has 6 rings (SSSR count). The van der Waals surface area contributed by atoms with Crippen LogP contribution in [0.1, 0.15) is 32.9 Å². The van der Waals surface area contributed by atoms with E-state index in [0.717, 1.165) is 33.3 Å². The zero-order chi connectivity index (χ0) is 26.2. The van der Waals surface area contributed by atoms with Crippen LogP contribution in [0.4, 0.5) is 5.69 Å². The predicted molar refractivity (Wildman–Crippen MR) is 150 cm³/mol. The molecule has 0 saturated heterocycles. The fourth-order valence-electron chi connectivity index (χ4n) is 5.13. The number of fused-ring (bicyclic) bond motifs is 3. The van der Waals surface area contributed by atoms with Crippen molar-refractivity contribution >= 4 is 39.8 Å². The largest absolute Gasteiger partial charge is 0.483 e. The zero-order valence-electron chi connectivity index (χ0n) is 20.9. The maximum atomic E-state index is 13.8. The summed E-state index contributed by atoms with van der Waals surface area (Å²) in [5.41, 5.74) is 4.81. The minimum Gasteiger partial charge on any atom is -0.483 e. The van der Waals surface area contributed by atoms with Gasteiger partial charge in [-0.1, -0.05) is 72.3 Å². The highest BCUT2D eigenvalue weighted by atomic mass is 35.5. The molecule has 5 aromatic rings. The summed E-state index contributed by atoms with van der Waals surface area (Å²) in [7, 11) is 0. The van der Waals surface area contributed by atoms with Crippen LogP contribution in [0.3, 0.4) is 0 Å². The number of hydrogen-bond donors (Lipinski definition) is 0. The Kier molecular flexibility index (Phi) is 6.22. The van der Waals surface area contributed by atoms with Crippen molar-refractivity contribution in [2.75, 3.05) is 11.5 Å². The van der Waals surface area contributed by atoms with Gasteiger partial charge < -0.3 is 14.2 Å². The number of halogens is 1. The minimum absolute atomic E-state index is 0.0353. The average Bonchev–Trinajstić information content (AvgIpc) is 3.24. The summed E-state index contributed by atoms with van der Waals surface area (Å²) in [5, 5.41) is 2.58. The highest BCUT2D eigenvalue weighted by molar-refractivity contribution is 6.30. The molecule has 5 nitrogen and oxygen atoms in total. The molecule has 0 spiro atoms. The van der Waals surface area contributed by atoms with E-state index in [1.54, 1.807) is 17.0 Å². The van der Waals surface area contributed by atoms with Crippen LogP contribution in [0.2, 0.25) is 5.02 Å². The van der Waals surface area contributed by atoms with Gasteiger partial charge in [-0.2, -0.15) is 0 Å². The number of carbonyl (C=O) groups is 2. The smallest absolute Gasteiger partial charge is 0.265 e. The second kappa shape index (κ2) is 9.84. The zero-order valence-corrected chi connectivity index (χ0v) is 21.6. The third-order valence-electron chi connectivity index (χ3n) is 7.06. The summed E-state index contributed by atoms with van der Waals surface area (Å²) in [4.78, 5) is 29.0. The van der Waals surface area contributed by atoms with Gasteiger partial charge in [-0.15, -0.1) is 0 Å². The lowest BCUT2D eigenvalue weighted by molar-refractivity contribution is -0.120. The number of nitrogens with zero attached hydrogens (tertiary/aromatic N) is 2. The van der Waals surface area contributed by atoms with Crippen molar-refractivity contribution in [3.8, 4) is 5.75 Å². The number of ketones is 1. The Morgan fingerprint density at radius 3 is 2.53 bits per heavy atom. The second-order valence-electron chi connectivity index (χ2n) is 9.46. The number of carbonyl (C=O) groups excluding carboxylic acids is 2. The monoisotopic (exact) mass is 520 g/mol. The molecular weight excluding hydrogens is 496 g/mol. The topological polar surface area (TPSA) is 51.5 Å². The molecule has 1 amide bonds. The lowest BCUT2D eigenvalue weighted by Gasteiger charge is -2.23. The Bertz CT molecular complexity index is 1700. The molecule has 6 heteroatoms. The van der Waals surface area contributed by atoms with Crippen LogP contribution in [0.5, 0.6) is 5.75 Å². The summed E-state index contributed by atoms with van der Waals surface area (Å²) in [6.07, 6.45) is 0. The average molecular weight is 521 g/mol. The van der Waals surface area contributed by atoms with Crippen molar-refractivity contribution in [2.45, 2.75) is 20.0 Å². The molecule has 1 aromatic heterocycles. The minimum atomic E-state index is -0.164. The molecule has 188 valence electrons. The van der Waals surface area contributed by atoms with Crippen molar-refractivity contribution in [1.29, 1.82) is 0 Å². The van der Waals surface area contributed by atoms with Crippen molar-refractivity contribution in [3.05, 3.63) is 130 Å². The van der Waals surface area contributed by atoms with Crippen LogP contribution in [0, 0.1) is 6.92 Å². The lowest BCUT2D eigenvalue weighted by Crippen LogP contribution is -2.34. The molecule has 38 heavy (non-hydrogen) atoms. The SMILES string of the molecule is Cc1cc(Cl)ccc1OCC(=O)N1Cc2ccc(C(=O)c3cccc4ccccc34)n2Cc2ccccc21. The Labute approximate surface area is 225 Å². The van der Waals surface area contributed by atoms with Gasteiger partial charge in [-0.05, 0) is 65.2 Å². The van der Waals surface area contributed by atoms with Gasteiger partial charge in [0.05, 0.1) is 18.8 Å².